The lowest BCUT2D eigenvalue weighted by atomic mass is 9.92. The highest BCUT2D eigenvalue weighted by Crippen LogP contribution is 2.26. The molecular formula is C15H14ClF2N. The maximum absolute atomic E-state index is 13.7. The molecular weight excluding hydrogens is 268 g/mol. The molecule has 1 unspecified atom stereocenters. The highest BCUT2D eigenvalue weighted by molar-refractivity contribution is 6.31. The zero-order chi connectivity index (χ0) is 13.8. The van der Waals surface area contributed by atoms with Gasteiger partial charge in [-0.05, 0) is 42.8 Å². The molecule has 0 aliphatic heterocycles. The van der Waals surface area contributed by atoms with Gasteiger partial charge in [0, 0.05) is 16.5 Å². The molecule has 0 fully saturated rings. The smallest absolute Gasteiger partial charge is 0.127 e. The number of halogens is 3. The third-order valence-electron chi connectivity index (χ3n) is 3.14. The molecule has 4 heteroatoms. The molecule has 2 aromatic rings. The van der Waals surface area contributed by atoms with Crippen molar-refractivity contribution in [1.82, 2.24) is 0 Å². The number of hydrogen-bond acceptors (Lipinski definition) is 1. The minimum Gasteiger partial charge on any atom is -0.330 e. The van der Waals surface area contributed by atoms with Crippen LogP contribution in [-0.4, -0.2) is 6.54 Å². The summed E-state index contributed by atoms with van der Waals surface area (Å²) in [7, 11) is 0. The van der Waals surface area contributed by atoms with Crippen LogP contribution in [0, 0.1) is 11.6 Å². The zero-order valence-electron chi connectivity index (χ0n) is 10.2. The second kappa shape index (κ2) is 6.13. The summed E-state index contributed by atoms with van der Waals surface area (Å²) in [4.78, 5) is 0. The van der Waals surface area contributed by atoms with Gasteiger partial charge >= 0.3 is 0 Å². The standard InChI is InChI=1S/C15H14ClF2N/c16-14-2-1-3-15(18)13(14)8-11(9-19)10-4-6-12(17)7-5-10/h1-7,11H,8-9,19H2. The third-order valence-corrected chi connectivity index (χ3v) is 3.49. The van der Waals surface area contributed by atoms with Gasteiger partial charge in [0.05, 0.1) is 0 Å². The van der Waals surface area contributed by atoms with Crippen LogP contribution in [0.4, 0.5) is 8.78 Å². The van der Waals surface area contributed by atoms with E-state index in [0.29, 0.717) is 23.6 Å². The molecule has 1 atom stereocenters. The zero-order valence-corrected chi connectivity index (χ0v) is 11.0. The van der Waals surface area contributed by atoms with E-state index in [4.69, 9.17) is 17.3 Å². The van der Waals surface area contributed by atoms with E-state index < -0.39 is 0 Å². The van der Waals surface area contributed by atoms with Gasteiger partial charge in [-0.1, -0.05) is 29.8 Å². The predicted molar refractivity (Wildman–Crippen MR) is 73.3 cm³/mol. The number of rotatable bonds is 4. The average Bonchev–Trinajstić information content (AvgIpc) is 2.40. The summed E-state index contributed by atoms with van der Waals surface area (Å²) < 4.78 is 26.6. The van der Waals surface area contributed by atoms with Crippen molar-refractivity contribution in [2.45, 2.75) is 12.3 Å². The lowest BCUT2D eigenvalue weighted by Crippen LogP contribution is -2.16. The van der Waals surface area contributed by atoms with Gasteiger partial charge in [0.1, 0.15) is 11.6 Å². The second-order valence-corrected chi connectivity index (χ2v) is 4.80. The van der Waals surface area contributed by atoms with Gasteiger partial charge in [0.15, 0.2) is 0 Å². The van der Waals surface area contributed by atoms with Crippen LogP contribution in [0.1, 0.15) is 17.0 Å². The average molecular weight is 282 g/mol. The molecule has 0 aliphatic carbocycles. The van der Waals surface area contributed by atoms with E-state index in [0.717, 1.165) is 5.56 Å². The molecule has 0 heterocycles. The molecule has 0 aliphatic rings. The minimum absolute atomic E-state index is 0.0880. The van der Waals surface area contributed by atoms with Crippen LogP contribution in [0.5, 0.6) is 0 Å². The van der Waals surface area contributed by atoms with E-state index in [1.165, 1.54) is 18.2 Å². The summed E-state index contributed by atoms with van der Waals surface area (Å²) in [5.41, 5.74) is 7.06. The van der Waals surface area contributed by atoms with E-state index in [-0.39, 0.29) is 17.6 Å². The quantitative estimate of drug-likeness (QED) is 0.904. The Kier molecular flexibility index (Phi) is 4.51. The molecule has 0 amide bonds. The van der Waals surface area contributed by atoms with Crippen LogP contribution in [0.15, 0.2) is 42.5 Å². The Balaban J connectivity index is 2.26. The van der Waals surface area contributed by atoms with Crippen LogP contribution in [0.25, 0.3) is 0 Å². The monoisotopic (exact) mass is 281 g/mol. The van der Waals surface area contributed by atoms with Crippen LogP contribution < -0.4 is 5.73 Å². The molecule has 0 aromatic heterocycles. The van der Waals surface area contributed by atoms with Crippen molar-refractivity contribution in [2.24, 2.45) is 5.73 Å². The summed E-state index contributed by atoms with van der Waals surface area (Å²) in [6.45, 7) is 0.344. The maximum atomic E-state index is 13.7. The van der Waals surface area contributed by atoms with Crippen molar-refractivity contribution < 1.29 is 8.78 Å². The first-order valence-corrected chi connectivity index (χ1v) is 6.38. The van der Waals surface area contributed by atoms with Gasteiger partial charge in [-0.3, -0.25) is 0 Å². The van der Waals surface area contributed by atoms with Gasteiger partial charge in [-0.25, -0.2) is 8.78 Å². The fourth-order valence-corrected chi connectivity index (χ4v) is 2.29. The fourth-order valence-electron chi connectivity index (χ4n) is 2.05. The van der Waals surface area contributed by atoms with Gasteiger partial charge in [0.2, 0.25) is 0 Å². The highest BCUT2D eigenvalue weighted by atomic mass is 35.5. The Labute approximate surface area is 116 Å². The number of benzene rings is 2. The van der Waals surface area contributed by atoms with Crippen LogP contribution in [-0.2, 0) is 6.42 Å². The Morgan fingerprint density at radius 3 is 2.32 bits per heavy atom. The van der Waals surface area contributed by atoms with Crippen molar-refractivity contribution >= 4 is 11.6 Å². The number of hydrogen-bond donors (Lipinski definition) is 1. The summed E-state index contributed by atoms with van der Waals surface area (Å²) >= 11 is 6.00. The van der Waals surface area contributed by atoms with Gasteiger partial charge in [0.25, 0.3) is 0 Å². The summed E-state index contributed by atoms with van der Waals surface area (Å²) in [5.74, 6) is -0.730. The summed E-state index contributed by atoms with van der Waals surface area (Å²) in [6, 6.07) is 10.7. The van der Waals surface area contributed by atoms with Gasteiger partial charge in [-0.15, -0.1) is 0 Å². The molecule has 0 saturated heterocycles. The molecule has 1 nitrogen and oxygen atoms in total. The molecule has 0 radical (unpaired) electrons. The Hall–Kier alpha value is -1.45. The molecule has 19 heavy (non-hydrogen) atoms. The van der Waals surface area contributed by atoms with E-state index in [2.05, 4.69) is 0 Å². The van der Waals surface area contributed by atoms with Crippen molar-refractivity contribution in [3.8, 4) is 0 Å². The lowest BCUT2D eigenvalue weighted by molar-refractivity contribution is 0.589. The van der Waals surface area contributed by atoms with E-state index in [1.54, 1.807) is 24.3 Å². The van der Waals surface area contributed by atoms with Gasteiger partial charge < -0.3 is 5.73 Å². The molecule has 2 rings (SSSR count). The molecule has 0 spiro atoms. The molecule has 2 N–H and O–H groups in total. The second-order valence-electron chi connectivity index (χ2n) is 4.39. The predicted octanol–water partition coefficient (Wildman–Crippen LogP) is 3.90. The van der Waals surface area contributed by atoms with Crippen molar-refractivity contribution in [1.29, 1.82) is 0 Å². The van der Waals surface area contributed by atoms with Crippen LogP contribution in [0.3, 0.4) is 0 Å². The summed E-state index contributed by atoms with van der Waals surface area (Å²) in [6.07, 6.45) is 0.396. The number of nitrogens with two attached hydrogens (primary N) is 1. The minimum atomic E-state index is -0.340. The first kappa shape index (κ1) is 14.0. The van der Waals surface area contributed by atoms with Crippen LogP contribution in [0.2, 0.25) is 5.02 Å². The topological polar surface area (TPSA) is 26.0 Å². The van der Waals surface area contributed by atoms with E-state index in [9.17, 15) is 8.78 Å². The summed E-state index contributed by atoms with van der Waals surface area (Å²) in [5, 5.41) is 0.389. The molecule has 100 valence electrons. The van der Waals surface area contributed by atoms with Crippen molar-refractivity contribution in [2.75, 3.05) is 6.54 Å². The third kappa shape index (κ3) is 3.31. The normalized spacial score (nSPS) is 12.4. The largest absolute Gasteiger partial charge is 0.330 e. The lowest BCUT2D eigenvalue weighted by Gasteiger charge is -2.16. The Bertz CT molecular complexity index is 534. The van der Waals surface area contributed by atoms with Crippen molar-refractivity contribution in [3.63, 3.8) is 0 Å². The fraction of sp³-hybridized carbons (Fsp3) is 0.200. The Morgan fingerprint density at radius 1 is 1.05 bits per heavy atom. The SMILES string of the molecule is NCC(Cc1c(F)cccc1Cl)c1ccc(F)cc1. The first-order valence-electron chi connectivity index (χ1n) is 6.00. The van der Waals surface area contributed by atoms with E-state index >= 15 is 0 Å². The Morgan fingerprint density at radius 2 is 1.74 bits per heavy atom. The van der Waals surface area contributed by atoms with Gasteiger partial charge in [-0.2, -0.15) is 0 Å². The first-order chi connectivity index (χ1) is 9.11. The molecule has 0 bridgehead atoms. The van der Waals surface area contributed by atoms with E-state index in [1.807, 2.05) is 0 Å². The van der Waals surface area contributed by atoms with Crippen LogP contribution >= 0.6 is 11.6 Å². The maximum Gasteiger partial charge on any atom is 0.127 e. The highest BCUT2D eigenvalue weighted by Gasteiger charge is 2.15. The molecule has 2 aromatic carbocycles. The molecule has 0 saturated carbocycles. The van der Waals surface area contributed by atoms with Crippen molar-refractivity contribution in [3.05, 3.63) is 70.2 Å².